The molecule has 1 aromatic rings. The van der Waals surface area contributed by atoms with Gasteiger partial charge in [-0.05, 0) is 57.0 Å². The quantitative estimate of drug-likeness (QED) is 0.661. The molecule has 3 rings (SSSR count). The molecule has 0 aliphatic carbocycles. The molecule has 2 aliphatic rings. The van der Waals surface area contributed by atoms with E-state index in [2.05, 4.69) is 22.6 Å². The second-order valence-electron chi connectivity index (χ2n) is 7.50. The summed E-state index contributed by atoms with van der Waals surface area (Å²) in [6.07, 6.45) is 2.29. The van der Waals surface area contributed by atoms with Crippen molar-refractivity contribution < 1.29 is 19.4 Å². The summed E-state index contributed by atoms with van der Waals surface area (Å²) in [6, 6.07) is 8.21. The van der Waals surface area contributed by atoms with Gasteiger partial charge in [0.15, 0.2) is 0 Å². The van der Waals surface area contributed by atoms with E-state index < -0.39 is 18.3 Å². The normalized spacial score (nSPS) is 28.3. The van der Waals surface area contributed by atoms with Crippen molar-refractivity contribution in [3.05, 3.63) is 29.8 Å². The Morgan fingerprint density at radius 1 is 1.37 bits per heavy atom. The number of carbonyl (C=O) groups is 1. The Kier molecular flexibility index (Phi) is 6.93. The lowest BCUT2D eigenvalue weighted by Crippen LogP contribution is -2.42. The van der Waals surface area contributed by atoms with Crippen molar-refractivity contribution in [3.8, 4) is 5.75 Å². The monoisotopic (exact) mass is 377 g/mol. The molecule has 7 nitrogen and oxygen atoms in total. The van der Waals surface area contributed by atoms with Crippen LogP contribution >= 0.6 is 0 Å². The largest absolute Gasteiger partial charge is 0.497 e. The van der Waals surface area contributed by atoms with Gasteiger partial charge in [-0.2, -0.15) is 0 Å². The van der Waals surface area contributed by atoms with Crippen LogP contribution in [-0.4, -0.2) is 74.2 Å². The Labute approximate surface area is 161 Å². The lowest BCUT2D eigenvalue weighted by Gasteiger charge is -2.23. The van der Waals surface area contributed by atoms with Crippen LogP contribution in [0.4, 0.5) is 4.79 Å². The van der Waals surface area contributed by atoms with Crippen LogP contribution in [0.2, 0.25) is 0 Å². The number of rotatable bonds is 7. The zero-order chi connectivity index (χ0) is 19.2. The van der Waals surface area contributed by atoms with E-state index in [0.717, 1.165) is 24.3 Å². The molecule has 1 amide bonds. The van der Waals surface area contributed by atoms with Gasteiger partial charge in [0.1, 0.15) is 18.0 Å². The van der Waals surface area contributed by atoms with Crippen molar-refractivity contribution in [2.45, 2.75) is 50.0 Å². The van der Waals surface area contributed by atoms with Gasteiger partial charge in [-0.15, -0.1) is 0 Å². The van der Waals surface area contributed by atoms with Crippen molar-refractivity contribution in [2.24, 2.45) is 0 Å². The Morgan fingerprint density at radius 3 is 2.81 bits per heavy atom. The van der Waals surface area contributed by atoms with E-state index >= 15 is 0 Å². The molecule has 2 saturated heterocycles. The highest BCUT2D eigenvalue weighted by atomic mass is 16.6. The zero-order valence-corrected chi connectivity index (χ0v) is 16.2. The minimum absolute atomic E-state index is 0.111. The van der Waals surface area contributed by atoms with E-state index in [-0.39, 0.29) is 6.04 Å². The predicted octanol–water partition coefficient (Wildman–Crippen LogP) is 1.15. The molecule has 2 aliphatic heterocycles. The first-order chi connectivity index (χ1) is 13.1. The molecule has 27 heavy (non-hydrogen) atoms. The highest BCUT2D eigenvalue weighted by Gasteiger charge is 2.37. The van der Waals surface area contributed by atoms with E-state index in [1.165, 1.54) is 12.8 Å². The summed E-state index contributed by atoms with van der Waals surface area (Å²) in [6.45, 7) is 2.14. The molecule has 3 N–H and O–H groups in total. The highest BCUT2D eigenvalue weighted by molar-refractivity contribution is 5.67. The second kappa shape index (κ2) is 9.39. The summed E-state index contributed by atoms with van der Waals surface area (Å²) < 4.78 is 10.7. The Balaban J connectivity index is 1.46. The number of carbonyl (C=O) groups excluding carboxylic acids is 1. The summed E-state index contributed by atoms with van der Waals surface area (Å²) in [5, 5.41) is 16.3. The second-order valence-corrected chi connectivity index (χ2v) is 7.50. The van der Waals surface area contributed by atoms with Gasteiger partial charge in [0.25, 0.3) is 0 Å². The number of likely N-dealkylation sites (tertiary alicyclic amines) is 1. The Bertz CT molecular complexity index is 610. The molecule has 2 fully saturated rings. The fraction of sp³-hybridized carbons (Fsp3) is 0.650. The number of methoxy groups -OCH3 is 1. The summed E-state index contributed by atoms with van der Waals surface area (Å²) in [7, 11) is 3.76. The molecule has 0 radical (unpaired) electrons. The average Bonchev–Trinajstić information content (AvgIpc) is 3.22. The van der Waals surface area contributed by atoms with Gasteiger partial charge in [0.2, 0.25) is 0 Å². The minimum Gasteiger partial charge on any atom is -0.497 e. The summed E-state index contributed by atoms with van der Waals surface area (Å²) in [5.74, 6) is 0.804. The van der Waals surface area contributed by atoms with Gasteiger partial charge in [-0.1, -0.05) is 12.1 Å². The molecule has 2 heterocycles. The molecule has 0 bridgehead atoms. The number of hydrogen-bond acceptors (Lipinski definition) is 6. The zero-order valence-electron chi connectivity index (χ0n) is 16.2. The maximum absolute atomic E-state index is 12.2. The molecule has 0 spiro atoms. The van der Waals surface area contributed by atoms with Gasteiger partial charge in [0.05, 0.1) is 13.2 Å². The van der Waals surface area contributed by atoms with Crippen LogP contribution < -0.4 is 15.4 Å². The third-order valence-corrected chi connectivity index (χ3v) is 5.64. The number of amides is 1. The Hall–Kier alpha value is -1.83. The van der Waals surface area contributed by atoms with E-state index in [1.54, 1.807) is 7.11 Å². The molecular weight excluding hydrogens is 346 g/mol. The Morgan fingerprint density at radius 2 is 2.15 bits per heavy atom. The smallest absolute Gasteiger partial charge is 0.407 e. The van der Waals surface area contributed by atoms with Crippen LogP contribution in [0.3, 0.4) is 0 Å². The molecular formula is C20H31N3O4. The first-order valence-corrected chi connectivity index (χ1v) is 9.76. The molecule has 1 aromatic carbocycles. The van der Waals surface area contributed by atoms with E-state index in [1.807, 2.05) is 24.3 Å². The lowest BCUT2D eigenvalue weighted by molar-refractivity contribution is 0.0188. The molecule has 7 heteroatoms. The third kappa shape index (κ3) is 5.34. The van der Waals surface area contributed by atoms with Crippen molar-refractivity contribution in [3.63, 3.8) is 0 Å². The van der Waals surface area contributed by atoms with E-state index in [4.69, 9.17) is 9.47 Å². The number of aliphatic hydroxyl groups excluding tert-OH is 1. The number of ether oxygens (including phenoxy) is 2. The SMILES string of the molecule is COc1ccc(C[C@H]2NC[C@H](O)[C@H]2OC(=O)NCC[C@H]2CCCN2C)cc1. The summed E-state index contributed by atoms with van der Waals surface area (Å²) >= 11 is 0. The first kappa shape index (κ1) is 19.9. The molecule has 150 valence electrons. The highest BCUT2D eigenvalue weighted by Crippen LogP contribution is 2.20. The van der Waals surface area contributed by atoms with Crippen LogP contribution in [0.15, 0.2) is 24.3 Å². The lowest BCUT2D eigenvalue weighted by atomic mass is 10.0. The number of β-amino-alcohol motifs (C(OH)–C–C–N with tert-alkyl or cyclic N) is 1. The van der Waals surface area contributed by atoms with Crippen LogP contribution in [0.5, 0.6) is 5.75 Å². The number of benzene rings is 1. The van der Waals surface area contributed by atoms with Crippen molar-refractivity contribution in [1.82, 2.24) is 15.5 Å². The molecule has 4 atom stereocenters. The maximum atomic E-state index is 12.2. The number of nitrogens with zero attached hydrogens (tertiary/aromatic N) is 1. The van der Waals surface area contributed by atoms with Crippen LogP contribution in [-0.2, 0) is 11.2 Å². The number of alkyl carbamates (subject to hydrolysis) is 1. The molecule has 0 saturated carbocycles. The van der Waals surface area contributed by atoms with Crippen molar-refractivity contribution >= 4 is 6.09 Å². The van der Waals surface area contributed by atoms with Crippen LogP contribution in [0.1, 0.15) is 24.8 Å². The van der Waals surface area contributed by atoms with Crippen LogP contribution in [0, 0.1) is 0 Å². The van der Waals surface area contributed by atoms with Gasteiger partial charge in [-0.3, -0.25) is 0 Å². The maximum Gasteiger partial charge on any atom is 0.407 e. The number of nitrogens with one attached hydrogen (secondary N) is 2. The standard InChI is InChI=1S/C20H31N3O4/c1-23-11-3-4-15(23)9-10-21-20(25)27-19-17(22-13-18(19)24)12-14-5-7-16(26-2)8-6-14/h5-8,15,17-19,22,24H,3-4,9-13H2,1-2H3,(H,21,25)/t15-,17-,18+,19+/m1/s1. The van der Waals surface area contributed by atoms with Crippen molar-refractivity contribution in [2.75, 3.05) is 33.8 Å². The molecule has 0 unspecified atom stereocenters. The topological polar surface area (TPSA) is 83.1 Å². The fourth-order valence-corrected chi connectivity index (χ4v) is 3.99. The third-order valence-electron chi connectivity index (χ3n) is 5.64. The fourth-order valence-electron chi connectivity index (χ4n) is 3.99. The van der Waals surface area contributed by atoms with Gasteiger partial charge < -0.3 is 30.1 Å². The predicted molar refractivity (Wildman–Crippen MR) is 103 cm³/mol. The van der Waals surface area contributed by atoms with Gasteiger partial charge in [0, 0.05) is 19.1 Å². The number of aliphatic hydroxyl groups is 1. The molecule has 0 aromatic heterocycles. The van der Waals surface area contributed by atoms with Gasteiger partial charge in [-0.25, -0.2) is 4.79 Å². The van der Waals surface area contributed by atoms with Crippen LogP contribution in [0.25, 0.3) is 0 Å². The van der Waals surface area contributed by atoms with Gasteiger partial charge >= 0.3 is 6.09 Å². The van der Waals surface area contributed by atoms with E-state index in [0.29, 0.717) is 25.6 Å². The average molecular weight is 377 g/mol. The summed E-state index contributed by atoms with van der Waals surface area (Å²) in [4.78, 5) is 14.5. The van der Waals surface area contributed by atoms with E-state index in [9.17, 15) is 9.90 Å². The number of hydrogen-bond donors (Lipinski definition) is 3. The summed E-state index contributed by atoms with van der Waals surface area (Å²) in [5.41, 5.74) is 1.10. The first-order valence-electron chi connectivity index (χ1n) is 9.76. The minimum atomic E-state index is -0.694. The van der Waals surface area contributed by atoms with Crippen molar-refractivity contribution in [1.29, 1.82) is 0 Å².